The maximum atomic E-state index is 13.3. The highest BCUT2D eigenvalue weighted by molar-refractivity contribution is 5.78. The van der Waals surface area contributed by atoms with Crippen molar-refractivity contribution in [2.45, 2.75) is 57.3 Å². The first-order valence-electron chi connectivity index (χ1n) is 13.8. The van der Waals surface area contributed by atoms with Crippen molar-refractivity contribution in [3.8, 4) is 0 Å². The second-order valence-electron chi connectivity index (χ2n) is 10.8. The van der Waals surface area contributed by atoms with Crippen LogP contribution in [-0.2, 0) is 25.6 Å². The number of morpholine rings is 1. The molecular weight excluding hydrogens is 474 g/mol. The molecule has 3 aliphatic heterocycles. The molecule has 4 rings (SSSR count). The van der Waals surface area contributed by atoms with E-state index in [4.69, 9.17) is 9.47 Å². The Morgan fingerprint density at radius 1 is 0.892 bits per heavy atom. The molecule has 1 spiro atoms. The Morgan fingerprint density at radius 3 is 2.35 bits per heavy atom. The summed E-state index contributed by atoms with van der Waals surface area (Å²) in [7, 11) is 0. The molecule has 1 aromatic carbocycles. The van der Waals surface area contributed by atoms with Crippen LogP contribution in [0.5, 0.6) is 0 Å². The molecule has 3 heterocycles. The van der Waals surface area contributed by atoms with Gasteiger partial charge in [-0.25, -0.2) is 0 Å². The van der Waals surface area contributed by atoms with Gasteiger partial charge in [0.15, 0.2) is 0 Å². The second-order valence-corrected chi connectivity index (χ2v) is 10.8. The molecule has 206 valence electrons. The SMILES string of the molecule is O=C(CN1CCOCC1)N1CCCCC2(CCN(Cc3ccccc3)CC2)C(=O)OC[C@@H](O)[C@@H](O)CC1. The lowest BCUT2D eigenvalue weighted by Crippen LogP contribution is -2.46. The van der Waals surface area contributed by atoms with E-state index in [0.29, 0.717) is 52.1 Å². The van der Waals surface area contributed by atoms with Gasteiger partial charge in [0.2, 0.25) is 5.91 Å². The summed E-state index contributed by atoms with van der Waals surface area (Å²) in [5.74, 6) is -0.229. The van der Waals surface area contributed by atoms with Crippen molar-refractivity contribution in [2.75, 3.05) is 65.6 Å². The van der Waals surface area contributed by atoms with Gasteiger partial charge in [0.1, 0.15) is 12.7 Å². The molecule has 3 saturated heterocycles. The standard InChI is InChI=1S/C28H43N3O6/c32-24-8-13-31(26(34)21-30-16-18-36-19-17-30)12-5-4-9-28(27(35)37-22-25(24)33)10-14-29(15-11-28)20-23-6-2-1-3-7-23/h1-3,6-7,24-25,32-33H,4-5,8-22H2/t24-,25+/m0/s1. The third-order valence-electron chi connectivity index (χ3n) is 8.17. The minimum Gasteiger partial charge on any atom is -0.462 e. The highest BCUT2D eigenvalue weighted by atomic mass is 16.5. The van der Waals surface area contributed by atoms with Gasteiger partial charge in [-0.2, -0.15) is 0 Å². The van der Waals surface area contributed by atoms with Crippen molar-refractivity contribution in [2.24, 2.45) is 5.41 Å². The summed E-state index contributed by atoms with van der Waals surface area (Å²) in [6.07, 6.45) is 1.74. The van der Waals surface area contributed by atoms with E-state index in [9.17, 15) is 19.8 Å². The molecule has 0 aliphatic carbocycles. The Labute approximate surface area is 220 Å². The molecule has 0 bridgehead atoms. The summed E-state index contributed by atoms with van der Waals surface area (Å²) < 4.78 is 11.0. The molecule has 3 aliphatic rings. The molecule has 1 aromatic rings. The largest absolute Gasteiger partial charge is 0.462 e. The summed E-state index contributed by atoms with van der Waals surface area (Å²) >= 11 is 0. The van der Waals surface area contributed by atoms with Crippen molar-refractivity contribution in [1.29, 1.82) is 0 Å². The van der Waals surface area contributed by atoms with Crippen LogP contribution in [0.15, 0.2) is 30.3 Å². The van der Waals surface area contributed by atoms with E-state index in [-0.39, 0.29) is 24.9 Å². The van der Waals surface area contributed by atoms with Gasteiger partial charge in [0.05, 0.1) is 31.3 Å². The maximum absolute atomic E-state index is 13.3. The van der Waals surface area contributed by atoms with E-state index >= 15 is 0 Å². The molecule has 3 fully saturated rings. The van der Waals surface area contributed by atoms with Crippen LogP contribution in [0.3, 0.4) is 0 Å². The molecule has 0 aromatic heterocycles. The van der Waals surface area contributed by atoms with Gasteiger partial charge in [-0.1, -0.05) is 36.8 Å². The lowest BCUT2D eigenvalue weighted by Gasteiger charge is -2.40. The summed E-state index contributed by atoms with van der Waals surface area (Å²) in [6, 6.07) is 10.3. The number of carbonyl (C=O) groups excluding carboxylic acids is 2. The first kappa shape index (κ1) is 28.0. The molecule has 0 saturated carbocycles. The van der Waals surface area contributed by atoms with E-state index < -0.39 is 17.6 Å². The maximum Gasteiger partial charge on any atom is 0.312 e. The smallest absolute Gasteiger partial charge is 0.312 e. The van der Waals surface area contributed by atoms with E-state index in [1.807, 2.05) is 18.2 Å². The van der Waals surface area contributed by atoms with Crippen molar-refractivity contribution in [3.05, 3.63) is 35.9 Å². The number of aliphatic hydroxyl groups excluding tert-OH is 2. The molecule has 9 heteroatoms. The average molecular weight is 518 g/mol. The Bertz CT molecular complexity index is 855. The average Bonchev–Trinajstić information content (AvgIpc) is 2.93. The molecule has 1 amide bonds. The van der Waals surface area contributed by atoms with Crippen molar-refractivity contribution in [1.82, 2.24) is 14.7 Å². The first-order valence-corrected chi connectivity index (χ1v) is 13.8. The van der Waals surface area contributed by atoms with Crippen LogP contribution in [0.25, 0.3) is 0 Å². The molecule has 0 unspecified atom stereocenters. The topological polar surface area (TPSA) is 103 Å². The van der Waals surface area contributed by atoms with E-state index in [1.54, 1.807) is 4.90 Å². The highest BCUT2D eigenvalue weighted by Crippen LogP contribution is 2.38. The van der Waals surface area contributed by atoms with Gasteiger partial charge >= 0.3 is 5.97 Å². The number of carbonyl (C=O) groups is 2. The fourth-order valence-corrected chi connectivity index (χ4v) is 5.62. The summed E-state index contributed by atoms with van der Waals surface area (Å²) in [5.41, 5.74) is 0.670. The fraction of sp³-hybridized carbons (Fsp3) is 0.714. The first-order chi connectivity index (χ1) is 17.9. The van der Waals surface area contributed by atoms with Crippen LogP contribution in [0.4, 0.5) is 0 Å². The number of nitrogens with zero attached hydrogens (tertiary/aromatic N) is 3. The van der Waals surface area contributed by atoms with Gasteiger partial charge in [0, 0.05) is 32.7 Å². The molecule has 9 nitrogen and oxygen atoms in total. The molecular formula is C28H43N3O6. The minimum atomic E-state index is -1.17. The molecule has 2 atom stereocenters. The molecule has 37 heavy (non-hydrogen) atoms. The van der Waals surface area contributed by atoms with Gasteiger partial charge in [-0.15, -0.1) is 0 Å². The summed E-state index contributed by atoms with van der Waals surface area (Å²) in [6.45, 7) is 6.28. The van der Waals surface area contributed by atoms with Crippen molar-refractivity contribution < 1.29 is 29.3 Å². The number of hydrogen-bond donors (Lipinski definition) is 2. The normalized spacial score (nSPS) is 27.1. The van der Waals surface area contributed by atoms with Crippen LogP contribution < -0.4 is 0 Å². The zero-order valence-corrected chi connectivity index (χ0v) is 21.9. The lowest BCUT2D eigenvalue weighted by molar-refractivity contribution is -0.165. The van der Waals surface area contributed by atoms with Crippen molar-refractivity contribution >= 4 is 11.9 Å². The second kappa shape index (κ2) is 13.7. The number of amides is 1. The number of cyclic esters (lactones) is 1. The van der Waals surface area contributed by atoms with Crippen LogP contribution in [0, 0.1) is 5.41 Å². The predicted molar refractivity (Wildman–Crippen MR) is 139 cm³/mol. The van der Waals surface area contributed by atoms with Gasteiger partial charge in [-0.05, 0) is 50.8 Å². The number of benzene rings is 1. The zero-order valence-electron chi connectivity index (χ0n) is 21.9. The van der Waals surface area contributed by atoms with Crippen LogP contribution in [0.2, 0.25) is 0 Å². The number of hydrogen-bond acceptors (Lipinski definition) is 8. The number of esters is 1. The van der Waals surface area contributed by atoms with Crippen LogP contribution >= 0.6 is 0 Å². The van der Waals surface area contributed by atoms with Gasteiger partial charge in [-0.3, -0.25) is 19.4 Å². The van der Waals surface area contributed by atoms with E-state index in [2.05, 4.69) is 21.9 Å². The fourth-order valence-electron chi connectivity index (χ4n) is 5.62. The van der Waals surface area contributed by atoms with Crippen molar-refractivity contribution in [3.63, 3.8) is 0 Å². The Balaban J connectivity index is 1.37. The number of aliphatic hydroxyl groups is 2. The number of likely N-dealkylation sites (tertiary alicyclic amines) is 1. The Kier molecular flexibility index (Phi) is 10.3. The number of piperidine rings is 1. The third-order valence-corrected chi connectivity index (χ3v) is 8.17. The highest BCUT2D eigenvalue weighted by Gasteiger charge is 2.42. The third kappa shape index (κ3) is 7.97. The summed E-state index contributed by atoms with van der Waals surface area (Å²) in [5, 5.41) is 21.0. The monoisotopic (exact) mass is 517 g/mol. The Morgan fingerprint density at radius 2 is 1.62 bits per heavy atom. The quantitative estimate of drug-likeness (QED) is 0.576. The van der Waals surface area contributed by atoms with Gasteiger partial charge < -0.3 is 24.6 Å². The zero-order chi connectivity index (χ0) is 26.1. The minimum absolute atomic E-state index is 0.0368. The van der Waals surface area contributed by atoms with E-state index in [0.717, 1.165) is 45.6 Å². The lowest BCUT2D eigenvalue weighted by atomic mass is 9.74. The van der Waals surface area contributed by atoms with Crippen LogP contribution in [0.1, 0.15) is 44.1 Å². The Hall–Kier alpha value is -2.04. The summed E-state index contributed by atoms with van der Waals surface area (Å²) in [4.78, 5) is 32.7. The number of rotatable bonds is 4. The molecule has 2 N–H and O–H groups in total. The number of ether oxygens (including phenoxy) is 2. The van der Waals surface area contributed by atoms with Crippen LogP contribution in [-0.4, -0.2) is 115 Å². The molecule has 0 radical (unpaired) electrons. The predicted octanol–water partition coefficient (Wildman–Crippen LogP) is 1.27. The van der Waals surface area contributed by atoms with Gasteiger partial charge in [0.25, 0.3) is 0 Å². The van der Waals surface area contributed by atoms with E-state index in [1.165, 1.54) is 5.56 Å².